The van der Waals surface area contributed by atoms with Crippen LogP contribution in [0.4, 0.5) is 17.1 Å². The molecule has 0 amide bonds. The van der Waals surface area contributed by atoms with Gasteiger partial charge < -0.3 is 4.74 Å². The van der Waals surface area contributed by atoms with E-state index in [9.17, 15) is 20.2 Å². The molecule has 0 saturated carbocycles. The largest absolute Gasteiger partial charge is 0.497 e. The number of hydrogen-bond acceptors (Lipinski definition) is 7. The lowest BCUT2D eigenvalue weighted by Gasteiger charge is -2.21. The second-order valence-electron chi connectivity index (χ2n) is 5.09. The number of benzene rings is 2. The maximum atomic E-state index is 11.1. The molecule has 3 rings (SSSR count). The highest BCUT2D eigenvalue weighted by Crippen LogP contribution is 2.31. The third-order valence-electron chi connectivity index (χ3n) is 3.69. The molecule has 1 aliphatic rings. The van der Waals surface area contributed by atoms with Crippen LogP contribution < -0.4 is 10.2 Å². The molecule has 0 bridgehead atoms. The van der Waals surface area contributed by atoms with Crippen molar-refractivity contribution in [3.05, 3.63) is 67.8 Å². The summed E-state index contributed by atoms with van der Waals surface area (Å²) in [6, 6.07) is 8.98. The molecule has 9 nitrogen and oxygen atoms in total. The quantitative estimate of drug-likeness (QED) is 0.665. The first kappa shape index (κ1) is 15.4. The van der Waals surface area contributed by atoms with E-state index in [1.807, 2.05) is 18.2 Å². The summed E-state index contributed by atoms with van der Waals surface area (Å²) in [5, 5.41) is 26.0. The summed E-state index contributed by atoms with van der Waals surface area (Å²) in [6.45, 7) is 0. The van der Waals surface area contributed by atoms with Crippen LogP contribution >= 0.6 is 0 Å². The summed E-state index contributed by atoms with van der Waals surface area (Å²) in [5.41, 5.74) is 4.71. The second-order valence-corrected chi connectivity index (χ2v) is 5.09. The summed E-state index contributed by atoms with van der Waals surface area (Å²) in [5.74, 6) is 0.697. The van der Waals surface area contributed by atoms with Gasteiger partial charge in [0.05, 0.1) is 28.7 Å². The number of ether oxygens (including phenoxy) is 1. The van der Waals surface area contributed by atoms with Gasteiger partial charge in [-0.25, -0.2) is 0 Å². The fourth-order valence-electron chi connectivity index (χ4n) is 2.38. The number of nitro groups is 2. The Morgan fingerprint density at radius 2 is 1.92 bits per heavy atom. The van der Waals surface area contributed by atoms with Crippen molar-refractivity contribution in [2.75, 3.05) is 12.5 Å². The number of nitrogens with one attached hydrogen (secondary N) is 1. The van der Waals surface area contributed by atoms with Gasteiger partial charge in [0, 0.05) is 18.1 Å². The minimum atomic E-state index is -0.687. The number of rotatable bonds is 5. The van der Waals surface area contributed by atoms with Gasteiger partial charge in [-0.1, -0.05) is 6.07 Å². The van der Waals surface area contributed by atoms with E-state index in [2.05, 4.69) is 10.5 Å². The third kappa shape index (κ3) is 2.74. The van der Waals surface area contributed by atoms with E-state index in [0.29, 0.717) is 12.2 Å². The van der Waals surface area contributed by atoms with Gasteiger partial charge >= 0.3 is 5.69 Å². The first-order valence-corrected chi connectivity index (χ1v) is 6.92. The number of hydrogen-bond donors (Lipinski definition) is 1. The Morgan fingerprint density at radius 3 is 2.58 bits per heavy atom. The Hall–Kier alpha value is -3.49. The highest BCUT2D eigenvalue weighted by molar-refractivity contribution is 6.10. The van der Waals surface area contributed by atoms with Crippen LogP contribution in [0.2, 0.25) is 0 Å². The van der Waals surface area contributed by atoms with Crippen LogP contribution in [-0.4, -0.2) is 22.7 Å². The summed E-state index contributed by atoms with van der Waals surface area (Å²) in [4.78, 5) is 20.4. The van der Waals surface area contributed by atoms with Gasteiger partial charge in [0.1, 0.15) is 11.4 Å². The zero-order valence-corrected chi connectivity index (χ0v) is 12.6. The maximum Gasteiger partial charge on any atom is 0.301 e. The molecule has 0 heterocycles. The van der Waals surface area contributed by atoms with Crippen LogP contribution in [-0.2, 0) is 6.42 Å². The number of hydrazone groups is 1. The lowest BCUT2D eigenvalue weighted by molar-refractivity contribution is -0.393. The van der Waals surface area contributed by atoms with E-state index in [1.54, 1.807) is 7.11 Å². The third-order valence-corrected chi connectivity index (χ3v) is 3.69. The van der Waals surface area contributed by atoms with Gasteiger partial charge in [0.15, 0.2) is 0 Å². The van der Waals surface area contributed by atoms with Crippen molar-refractivity contribution < 1.29 is 14.6 Å². The topological polar surface area (TPSA) is 120 Å². The van der Waals surface area contributed by atoms with E-state index < -0.39 is 15.5 Å². The average Bonchev–Trinajstić information content (AvgIpc) is 2.55. The number of nitrogens with zero attached hydrogens (tertiary/aromatic N) is 3. The molecular weight excluding hydrogens is 316 g/mol. The lowest BCUT2D eigenvalue weighted by Crippen LogP contribution is -2.21. The molecule has 0 spiro atoms. The number of methoxy groups -OCH3 is 1. The molecule has 122 valence electrons. The van der Waals surface area contributed by atoms with E-state index in [-0.39, 0.29) is 11.4 Å². The molecule has 1 aliphatic carbocycles. The average molecular weight is 328 g/mol. The number of anilines is 1. The molecule has 0 unspecified atom stereocenters. The molecule has 0 radical (unpaired) electrons. The van der Waals surface area contributed by atoms with Crippen LogP contribution in [0.1, 0.15) is 11.1 Å². The van der Waals surface area contributed by atoms with E-state index in [0.717, 1.165) is 22.9 Å². The fourth-order valence-corrected chi connectivity index (χ4v) is 2.38. The van der Waals surface area contributed by atoms with Crippen molar-refractivity contribution in [3.8, 4) is 5.75 Å². The summed E-state index contributed by atoms with van der Waals surface area (Å²) >= 11 is 0. The molecule has 9 heteroatoms. The fraction of sp³-hybridized carbons (Fsp3) is 0.133. The van der Waals surface area contributed by atoms with E-state index in [4.69, 9.17) is 4.74 Å². The molecule has 24 heavy (non-hydrogen) atoms. The predicted molar refractivity (Wildman–Crippen MR) is 86.6 cm³/mol. The highest BCUT2D eigenvalue weighted by atomic mass is 16.6. The SMILES string of the molecule is COc1ccc2c(c1)/C(=N\Nc1ccc([N+](=O)[O-])cc1[N+](=O)[O-])C2. The van der Waals surface area contributed by atoms with Gasteiger partial charge in [0.25, 0.3) is 5.69 Å². The summed E-state index contributed by atoms with van der Waals surface area (Å²) in [7, 11) is 1.57. The molecule has 2 aromatic carbocycles. The number of non-ortho nitro benzene ring substituents is 1. The molecule has 0 fully saturated rings. The van der Waals surface area contributed by atoms with Crippen molar-refractivity contribution in [2.45, 2.75) is 6.42 Å². The minimum absolute atomic E-state index is 0.0921. The molecule has 2 aromatic rings. The van der Waals surface area contributed by atoms with E-state index >= 15 is 0 Å². The first-order valence-electron chi connectivity index (χ1n) is 6.92. The Labute approximate surface area is 135 Å². The monoisotopic (exact) mass is 328 g/mol. The van der Waals surface area contributed by atoms with E-state index in [1.165, 1.54) is 12.1 Å². The smallest absolute Gasteiger partial charge is 0.301 e. The van der Waals surface area contributed by atoms with Crippen LogP contribution in [0, 0.1) is 20.2 Å². The van der Waals surface area contributed by atoms with Crippen molar-refractivity contribution in [3.63, 3.8) is 0 Å². The first-order chi connectivity index (χ1) is 11.5. The highest BCUT2D eigenvalue weighted by Gasteiger charge is 2.23. The Balaban J connectivity index is 1.87. The van der Waals surface area contributed by atoms with Crippen molar-refractivity contribution >= 4 is 22.8 Å². The van der Waals surface area contributed by atoms with Crippen LogP contribution in [0.15, 0.2) is 41.5 Å². The molecule has 0 aromatic heterocycles. The van der Waals surface area contributed by atoms with Crippen molar-refractivity contribution in [1.82, 2.24) is 0 Å². The number of nitro benzene ring substituents is 2. The van der Waals surface area contributed by atoms with Crippen LogP contribution in [0.5, 0.6) is 5.75 Å². The van der Waals surface area contributed by atoms with Gasteiger partial charge in [-0.15, -0.1) is 0 Å². The van der Waals surface area contributed by atoms with Gasteiger partial charge in [-0.3, -0.25) is 25.7 Å². The Bertz CT molecular complexity index is 878. The second kappa shape index (κ2) is 5.95. The zero-order valence-electron chi connectivity index (χ0n) is 12.6. The Morgan fingerprint density at radius 1 is 1.12 bits per heavy atom. The minimum Gasteiger partial charge on any atom is -0.497 e. The standard InChI is InChI=1S/C15H12N4O5/c1-24-11-4-2-9-6-14(12(9)8-11)17-16-13-5-3-10(18(20)21)7-15(13)19(22)23/h2-5,7-8,16H,6H2,1H3/b17-14-. The Kier molecular flexibility index (Phi) is 3.82. The normalized spacial score (nSPS) is 13.8. The zero-order chi connectivity index (χ0) is 17.3. The van der Waals surface area contributed by atoms with Crippen LogP contribution in [0.25, 0.3) is 0 Å². The molecule has 0 aliphatic heterocycles. The molecule has 0 atom stereocenters. The van der Waals surface area contributed by atoms with Gasteiger partial charge in [-0.05, 0) is 23.8 Å². The lowest BCUT2D eigenvalue weighted by atomic mass is 9.86. The van der Waals surface area contributed by atoms with Crippen molar-refractivity contribution in [1.29, 1.82) is 0 Å². The molecule has 1 N–H and O–H groups in total. The summed E-state index contributed by atoms with van der Waals surface area (Å²) < 4.78 is 5.15. The number of fused-ring (bicyclic) bond motifs is 1. The predicted octanol–water partition coefficient (Wildman–Crippen LogP) is 2.88. The van der Waals surface area contributed by atoms with Gasteiger partial charge in [-0.2, -0.15) is 5.10 Å². The van der Waals surface area contributed by atoms with Crippen LogP contribution in [0.3, 0.4) is 0 Å². The van der Waals surface area contributed by atoms with Crippen molar-refractivity contribution in [2.24, 2.45) is 5.10 Å². The van der Waals surface area contributed by atoms with Gasteiger partial charge in [0.2, 0.25) is 0 Å². The maximum absolute atomic E-state index is 11.1. The molecular formula is C15H12N4O5. The summed E-state index contributed by atoms with van der Waals surface area (Å²) in [6.07, 6.45) is 0.632. The molecule has 0 saturated heterocycles.